The van der Waals surface area contributed by atoms with Crippen molar-refractivity contribution in [2.24, 2.45) is 5.92 Å². The van der Waals surface area contributed by atoms with Crippen LogP contribution >= 0.6 is 11.6 Å². The molecule has 1 aromatic heterocycles. The van der Waals surface area contributed by atoms with Crippen LogP contribution in [-0.4, -0.2) is 28.0 Å². The van der Waals surface area contributed by atoms with E-state index in [1.165, 1.54) is 18.5 Å². The minimum atomic E-state index is -0.808. The van der Waals surface area contributed by atoms with Gasteiger partial charge < -0.3 is 10.4 Å². The largest absolute Gasteiger partial charge is 0.481 e. The van der Waals surface area contributed by atoms with Crippen LogP contribution in [0.2, 0.25) is 5.02 Å². The van der Waals surface area contributed by atoms with Gasteiger partial charge in [0.05, 0.1) is 16.5 Å². The monoisotopic (exact) mass is 254 g/mol. The number of aliphatic carboxylic acids is 1. The predicted octanol–water partition coefficient (Wildman–Crippen LogP) is 1.33. The van der Waals surface area contributed by atoms with Crippen LogP contribution in [0.1, 0.15) is 23.2 Å². The second-order valence-corrected chi connectivity index (χ2v) is 4.44. The molecule has 2 rings (SSSR count). The van der Waals surface area contributed by atoms with Crippen LogP contribution in [0.4, 0.5) is 0 Å². The van der Waals surface area contributed by atoms with Crippen LogP contribution in [0.5, 0.6) is 0 Å². The molecular formula is C11H11ClN2O3. The van der Waals surface area contributed by atoms with Crippen molar-refractivity contribution in [3.63, 3.8) is 0 Å². The van der Waals surface area contributed by atoms with Crippen molar-refractivity contribution in [1.82, 2.24) is 10.3 Å². The third-order valence-corrected chi connectivity index (χ3v) is 3.14. The molecule has 0 unspecified atom stereocenters. The number of nitrogens with zero attached hydrogens (tertiary/aromatic N) is 1. The third-order valence-electron chi connectivity index (χ3n) is 2.84. The van der Waals surface area contributed by atoms with Crippen molar-refractivity contribution < 1.29 is 14.7 Å². The van der Waals surface area contributed by atoms with E-state index in [1.54, 1.807) is 0 Å². The van der Waals surface area contributed by atoms with E-state index in [9.17, 15) is 9.59 Å². The first kappa shape index (κ1) is 11.9. The zero-order valence-corrected chi connectivity index (χ0v) is 9.65. The van der Waals surface area contributed by atoms with Crippen LogP contribution in [0.15, 0.2) is 18.5 Å². The molecule has 1 saturated carbocycles. The number of aromatic nitrogens is 1. The van der Waals surface area contributed by atoms with Gasteiger partial charge in [0, 0.05) is 18.4 Å². The highest BCUT2D eigenvalue weighted by molar-refractivity contribution is 6.33. The molecule has 17 heavy (non-hydrogen) atoms. The molecule has 0 aliphatic heterocycles. The highest BCUT2D eigenvalue weighted by Gasteiger charge is 2.35. The Kier molecular flexibility index (Phi) is 3.28. The van der Waals surface area contributed by atoms with E-state index in [1.807, 2.05) is 0 Å². The number of carbonyl (C=O) groups is 2. The molecule has 0 spiro atoms. The van der Waals surface area contributed by atoms with Crippen molar-refractivity contribution in [2.75, 3.05) is 0 Å². The molecular weight excluding hydrogens is 244 g/mol. The molecule has 0 aromatic carbocycles. The zero-order valence-electron chi connectivity index (χ0n) is 8.89. The fourth-order valence-electron chi connectivity index (χ4n) is 1.76. The highest BCUT2D eigenvalue weighted by Crippen LogP contribution is 2.28. The Hall–Kier alpha value is -1.62. The lowest BCUT2D eigenvalue weighted by Crippen LogP contribution is -2.46. The molecule has 6 heteroatoms. The molecule has 1 amide bonds. The average molecular weight is 255 g/mol. The number of amides is 1. The minimum absolute atomic E-state index is 0.0761. The fraction of sp³-hybridized carbons (Fsp3) is 0.364. The van der Waals surface area contributed by atoms with Gasteiger partial charge in [0.15, 0.2) is 0 Å². The van der Waals surface area contributed by atoms with E-state index in [2.05, 4.69) is 10.3 Å². The van der Waals surface area contributed by atoms with E-state index < -0.39 is 5.97 Å². The molecule has 1 heterocycles. The van der Waals surface area contributed by atoms with E-state index in [4.69, 9.17) is 16.7 Å². The molecule has 0 atom stereocenters. The number of hydrogen-bond acceptors (Lipinski definition) is 3. The maximum atomic E-state index is 11.8. The Bertz CT molecular complexity index is 458. The maximum absolute atomic E-state index is 11.8. The zero-order chi connectivity index (χ0) is 12.4. The fourth-order valence-corrected chi connectivity index (χ4v) is 1.96. The molecule has 5 nitrogen and oxygen atoms in total. The maximum Gasteiger partial charge on any atom is 0.306 e. The molecule has 0 radical (unpaired) electrons. The normalized spacial score (nSPS) is 22.6. The summed E-state index contributed by atoms with van der Waals surface area (Å²) in [4.78, 5) is 26.2. The molecule has 0 saturated heterocycles. The first-order valence-corrected chi connectivity index (χ1v) is 5.59. The molecule has 0 bridgehead atoms. The number of nitrogens with one attached hydrogen (secondary N) is 1. The van der Waals surface area contributed by atoms with Gasteiger partial charge in [0.2, 0.25) is 0 Å². The lowest BCUT2D eigenvalue weighted by Gasteiger charge is -2.32. The van der Waals surface area contributed by atoms with Crippen molar-refractivity contribution in [3.8, 4) is 0 Å². The van der Waals surface area contributed by atoms with Crippen molar-refractivity contribution >= 4 is 23.5 Å². The van der Waals surface area contributed by atoms with Crippen LogP contribution < -0.4 is 5.32 Å². The molecule has 90 valence electrons. The molecule has 1 aliphatic carbocycles. The topological polar surface area (TPSA) is 79.3 Å². The smallest absolute Gasteiger partial charge is 0.306 e. The molecule has 1 fully saturated rings. The summed E-state index contributed by atoms with van der Waals surface area (Å²) >= 11 is 5.83. The van der Waals surface area contributed by atoms with Gasteiger partial charge in [-0.15, -0.1) is 0 Å². The SMILES string of the molecule is O=C(NC1CC(C(=O)O)C1)c1ccncc1Cl. The second-order valence-electron chi connectivity index (χ2n) is 4.03. The van der Waals surface area contributed by atoms with Gasteiger partial charge in [-0.05, 0) is 18.9 Å². The van der Waals surface area contributed by atoms with E-state index in [0.29, 0.717) is 23.4 Å². The summed E-state index contributed by atoms with van der Waals surface area (Å²) in [5.41, 5.74) is 0.362. The van der Waals surface area contributed by atoms with Gasteiger partial charge in [-0.2, -0.15) is 0 Å². The standard InChI is InChI=1S/C11H11ClN2O3/c12-9-5-13-2-1-8(9)10(15)14-7-3-6(4-7)11(16)17/h1-2,5-7H,3-4H2,(H,14,15)(H,16,17). The Morgan fingerprint density at radius 3 is 2.76 bits per heavy atom. The molecule has 1 aromatic rings. The quantitative estimate of drug-likeness (QED) is 0.853. The summed E-state index contributed by atoms with van der Waals surface area (Å²) in [5, 5.41) is 11.7. The van der Waals surface area contributed by atoms with Gasteiger partial charge in [-0.1, -0.05) is 11.6 Å². The Morgan fingerprint density at radius 2 is 2.18 bits per heavy atom. The number of carbonyl (C=O) groups excluding carboxylic acids is 1. The van der Waals surface area contributed by atoms with E-state index in [-0.39, 0.29) is 17.9 Å². The molecule has 1 aliphatic rings. The van der Waals surface area contributed by atoms with Gasteiger partial charge >= 0.3 is 5.97 Å². The number of hydrogen-bond donors (Lipinski definition) is 2. The van der Waals surface area contributed by atoms with Crippen molar-refractivity contribution in [1.29, 1.82) is 0 Å². The average Bonchev–Trinajstić information content (AvgIpc) is 2.22. The van der Waals surface area contributed by atoms with Crippen LogP contribution in [0.25, 0.3) is 0 Å². The first-order valence-electron chi connectivity index (χ1n) is 5.21. The summed E-state index contributed by atoms with van der Waals surface area (Å²) in [6, 6.07) is 1.46. The van der Waals surface area contributed by atoms with Gasteiger partial charge in [-0.25, -0.2) is 0 Å². The molecule has 2 N–H and O–H groups in total. The highest BCUT2D eigenvalue weighted by atomic mass is 35.5. The summed E-state index contributed by atoms with van der Waals surface area (Å²) in [5.74, 6) is -1.43. The number of carboxylic acid groups (broad SMARTS) is 1. The Morgan fingerprint density at radius 1 is 1.47 bits per heavy atom. The third kappa shape index (κ3) is 2.55. The van der Waals surface area contributed by atoms with Crippen LogP contribution in [0, 0.1) is 5.92 Å². The lowest BCUT2D eigenvalue weighted by atomic mass is 9.80. The van der Waals surface area contributed by atoms with Gasteiger partial charge in [0.25, 0.3) is 5.91 Å². The van der Waals surface area contributed by atoms with E-state index in [0.717, 1.165) is 0 Å². The van der Waals surface area contributed by atoms with Gasteiger partial charge in [0.1, 0.15) is 0 Å². The van der Waals surface area contributed by atoms with Crippen LogP contribution in [-0.2, 0) is 4.79 Å². The Balaban J connectivity index is 1.92. The number of rotatable bonds is 3. The second kappa shape index (κ2) is 4.71. The minimum Gasteiger partial charge on any atom is -0.481 e. The number of halogens is 1. The Labute approximate surface area is 103 Å². The van der Waals surface area contributed by atoms with Crippen molar-refractivity contribution in [3.05, 3.63) is 29.0 Å². The summed E-state index contributed by atoms with van der Waals surface area (Å²) in [7, 11) is 0. The van der Waals surface area contributed by atoms with Crippen LogP contribution in [0.3, 0.4) is 0 Å². The van der Waals surface area contributed by atoms with Gasteiger partial charge in [-0.3, -0.25) is 14.6 Å². The summed E-state index contributed by atoms with van der Waals surface area (Å²) < 4.78 is 0. The number of pyridine rings is 1. The summed E-state index contributed by atoms with van der Waals surface area (Å²) in [6.45, 7) is 0. The first-order chi connectivity index (χ1) is 8.08. The predicted molar refractivity (Wildman–Crippen MR) is 60.9 cm³/mol. The van der Waals surface area contributed by atoms with E-state index >= 15 is 0 Å². The lowest BCUT2D eigenvalue weighted by molar-refractivity contribution is -0.145. The van der Waals surface area contributed by atoms with Crippen molar-refractivity contribution in [2.45, 2.75) is 18.9 Å². The number of carboxylic acids is 1. The summed E-state index contributed by atoms with van der Waals surface area (Å²) in [6.07, 6.45) is 3.84.